The quantitative estimate of drug-likeness (QED) is 0.695. The molecule has 0 saturated heterocycles. The summed E-state index contributed by atoms with van der Waals surface area (Å²) in [5.74, 6) is -0.506. The average Bonchev–Trinajstić information content (AvgIpc) is 2.46. The maximum Gasteiger partial charge on any atom is 0.193 e. The molecule has 0 fully saturated rings. The maximum atomic E-state index is 12.3. The number of halogens is 1. The van der Waals surface area contributed by atoms with E-state index in [-0.39, 0.29) is 28.2 Å². The first-order valence-corrected chi connectivity index (χ1v) is 6.77. The van der Waals surface area contributed by atoms with Crippen LogP contribution in [-0.4, -0.2) is 22.0 Å². The smallest absolute Gasteiger partial charge is 0.193 e. The number of aromatic hydroxyl groups is 1. The van der Waals surface area contributed by atoms with Gasteiger partial charge in [0.2, 0.25) is 0 Å². The summed E-state index contributed by atoms with van der Waals surface area (Å²) in [6.45, 7) is 0. The van der Waals surface area contributed by atoms with Crippen LogP contribution in [-0.2, 0) is 0 Å². The van der Waals surface area contributed by atoms with E-state index in [2.05, 4.69) is 15.9 Å². The van der Waals surface area contributed by atoms with Crippen molar-refractivity contribution in [1.29, 1.82) is 0 Å². The van der Waals surface area contributed by atoms with Gasteiger partial charge in [-0.1, -0.05) is 46.3 Å². The number of phenolic OH excluding ortho intramolecular Hbond substituents is 1. The predicted molar refractivity (Wildman–Crippen MR) is 76.1 cm³/mol. The molecule has 0 aliphatic heterocycles. The van der Waals surface area contributed by atoms with Crippen molar-refractivity contribution in [3.63, 3.8) is 0 Å². The number of alkyl halides is 1. The molecular formula is C15H11BrO3. The Morgan fingerprint density at radius 2 is 1.68 bits per heavy atom. The van der Waals surface area contributed by atoms with Crippen molar-refractivity contribution in [2.75, 3.05) is 5.33 Å². The molecule has 0 saturated carbocycles. The van der Waals surface area contributed by atoms with E-state index in [0.717, 1.165) is 0 Å². The lowest BCUT2D eigenvalue weighted by Gasteiger charge is -2.07. The standard InChI is InChI=1S/C15H11BrO3/c16-9-14(18)13-8-11(17)6-7-12(13)15(19)10-4-2-1-3-5-10/h1-8,17H,9H2. The SMILES string of the molecule is O=C(CBr)c1cc(O)ccc1C(=O)c1ccccc1. The van der Waals surface area contributed by atoms with Crippen LogP contribution in [0, 0.1) is 0 Å². The Morgan fingerprint density at radius 3 is 2.32 bits per heavy atom. The highest BCUT2D eigenvalue weighted by atomic mass is 79.9. The molecule has 0 aliphatic rings. The summed E-state index contributed by atoms with van der Waals surface area (Å²) in [5, 5.41) is 9.56. The third-order valence-corrected chi connectivity index (χ3v) is 3.21. The maximum absolute atomic E-state index is 12.3. The number of hydrogen-bond acceptors (Lipinski definition) is 3. The Hall–Kier alpha value is -1.94. The number of carbonyl (C=O) groups excluding carboxylic acids is 2. The Bertz CT molecular complexity index is 621. The van der Waals surface area contributed by atoms with Crippen molar-refractivity contribution in [2.24, 2.45) is 0 Å². The van der Waals surface area contributed by atoms with Crippen molar-refractivity contribution in [2.45, 2.75) is 0 Å². The van der Waals surface area contributed by atoms with E-state index < -0.39 is 0 Å². The second kappa shape index (κ2) is 5.80. The first-order valence-electron chi connectivity index (χ1n) is 5.65. The summed E-state index contributed by atoms with van der Waals surface area (Å²) in [5.41, 5.74) is 1.04. The molecule has 3 nitrogen and oxygen atoms in total. The zero-order chi connectivity index (χ0) is 13.8. The zero-order valence-corrected chi connectivity index (χ0v) is 11.6. The van der Waals surface area contributed by atoms with Crippen LogP contribution in [0.1, 0.15) is 26.3 Å². The number of ketones is 2. The van der Waals surface area contributed by atoms with Crippen molar-refractivity contribution >= 4 is 27.5 Å². The minimum absolute atomic E-state index is 0.0334. The lowest BCUT2D eigenvalue weighted by molar-refractivity contribution is 0.0994. The van der Waals surface area contributed by atoms with E-state index in [9.17, 15) is 14.7 Å². The van der Waals surface area contributed by atoms with E-state index in [1.165, 1.54) is 18.2 Å². The van der Waals surface area contributed by atoms with Gasteiger partial charge in [0.25, 0.3) is 0 Å². The van der Waals surface area contributed by atoms with Gasteiger partial charge in [-0.2, -0.15) is 0 Å². The van der Waals surface area contributed by atoms with E-state index in [1.807, 2.05) is 6.07 Å². The zero-order valence-electron chi connectivity index (χ0n) is 9.97. The Labute approximate surface area is 119 Å². The summed E-state index contributed by atoms with van der Waals surface area (Å²) >= 11 is 3.07. The molecule has 0 aromatic heterocycles. The van der Waals surface area contributed by atoms with Gasteiger partial charge in [-0.05, 0) is 18.2 Å². The molecule has 2 rings (SSSR count). The van der Waals surface area contributed by atoms with Crippen LogP contribution in [0.5, 0.6) is 5.75 Å². The van der Waals surface area contributed by atoms with Gasteiger partial charge in [0.05, 0.1) is 5.33 Å². The molecule has 19 heavy (non-hydrogen) atoms. The van der Waals surface area contributed by atoms with Gasteiger partial charge in [-0.3, -0.25) is 9.59 Å². The van der Waals surface area contributed by atoms with Crippen LogP contribution in [0.4, 0.5) is 0 Å². The van der Waals surface area contributed by atoms with Gasteiger partial charge in [0, 0.05) is 16.7 Å². The molecule has 0 heterocycles. The highest BCUT2D eigenvalue weighted by Crippen LogP contribution is 2.21. The lowest BCUT2D eigenvalue weighted by Crippen LogP contribution is -2.10. The largest absolute Gasteiger partial charge is 0.508 e. The van der Waals surface area contributed by atoms with Crippen LogP contribution < -0.4 is 0 Å². The topological polar surface area (TPSA) is 54.4 Å². The van der Waals surface area contributed by atoms with Gasteiger partial charge in [0.1, 0.15) is 5.75 Å². The monoisotopic (exact) mass is 318 g/mol. The van der Waals surface area contributed by atoms with Crippen LogP contribution in [0.15, 0.2) is 48.5 Å². The van der Waals surface area contributed by atoms with Gasteiger partial charge in [-0.15, -0.1) is 0 Å². The van der Waals surface area contributed by atoms with Gasteiger partial charge in [0.15, 0.2) is 11.6 Å². The molecule has 96 valence electrons. The summed E-state index contributed by atoms with van der Waals surface area (Å²) in [4.78, 5) is 24.2. The van der Waals surface area contributed by atoms with Crippen molar-refractivity contribution in [1.82, 2.24) is 0 Å². The molecule has 0 spiro atoms. The summed E-state index contributed by atoms with van der Waals surface area (Å²) in [6, 6.07) is 12.9. The molecule has 0 amide bonds. The first kappa shape index (κ1) is 13.5. The molecule has 2 aromatic carbocycles. The van der Waals surface area contributed by atoms with Gasteiger partial charge < -0.3 is 5.11 Å². The Kier molecular flexibility index (Phi) is 4.12. The third kappa shape index (κ3) is 2.90. The van der Waals surface area contributed by atoms with E-state index in [1.54, 1.807) is 24.3 Å². The molecule has 2 aromatic rings. The van der Waals surface area contributed by atoms with Gasteiger partial charge in [-0.25, -0.2) is 0 Å². The molecule has 0 atom stereocenters. The highest BCUT2D eigenvalue weighted by Gasteiger charge is 2.18. The molecule has 0 radical (unpaired) electrons. The number of benzene rings is 2. The van der Waals surface area contributed by atoms with E-state index in [0.29, 0.717) is 11.1 Å². The fourth-order valence-corrected chi connectivity index (χ4v) is 2.08. The van der Waals surface area contributed by atoms with Crippen molar-refractivity contribution in [3.8, 4) is 5.75 Å². The fraction of sp³-hybridized carbons (Fsp3) is 0.0667. The number of rotatable bonds is 4. The summed E-state index contributed by atoms with van der Waals surface area (Å²) in [7, 11) is 0. The minimum atomic E-state index is -0.241. The molecule has 0 aliphatic carbocycles. The second-order valence-electron chi connectivity index (χ2n) is 3.98. The van der Waals surface area contributed by atoms with Crippen LogP contribution in [0.3, 0.4) is 0 Å². The minimum Gasteiger partial charge on any atom is -0.508 e. The molecule has 0 bridgehead atoms. The van der Waals surface area contributed by atoms with Crippen LogP contribution in [0.2, 0.25) is 0 Å². The number of phenols is 1. The van der Waals surface area contributed by atoms with E-state index >= 15 is 0 Å². The average molecular weight is 319 g/mol. The lowest BCUT2D eigenvalue weighted by atomic mass is 9.96. The van der Waals surface area contributed by atoms with E-state index in [4.69, 9.17) is 0 Å². The Balaban J connectivity index is 2.51. The summed E-state index contributed by atoms with van der Waals surface area (Å²) < 4.78 is 0. The van der Waals surface area contributed by atoms with Gasteiger partial charge >= 0.3 is 0 Å². The number of carbonyl (C=O) groups is 2. The molecule has 0 unspecified atom stereocenters. The first-order chi connectivity index (χ1) is 9.13. The molecule has 1 N–H and O–H groups in total. The fourth-order valence-electron chi connectivity index (χ4n) is 1.78. The summed E-state index contributed by atoms with van der Waals surface area (Å²) in [6.07, 6.45) is 0. The number of Topliss-reactive ketones (excluding diaryl/α,β-unsaturated/α-hetero) is 1. The second-order valence-corrected chi connectivity index (χ2v) is 4.54. The van der Waals surface area contributed by atoms with Crippen LogP contribution >= 0.6 is 15.9 Å². The van der Waals surface area contributed by atoms with Crippen molar-refractivity contribution in [3.05, 3.63) is 65.2 Å². The molecular weight excluding hydrogens is 308 g/mol. The Morgan fingerprint density at radius 1 is 1.00 bits per heavy atom. The number of hydrogen-bond donors (Lipinski definition) is 1. The third-order valence-electron chi connectivity index (χ3n) is 2.71. The normalized spacial score (nSPS) is 10.2. The van der Waals surface area contributed by atoms with Crippen molar-refractivity contribution < 1.29 is 14.7 Å². The molecule has 4 heteroatoms. The van der Waals surface area contributed by atoms with Crippen LogP contribution in [0.25, 0.3) is 0 Å². The highest BCUT2D eigenvalue weighted by molar-refractivity contribution is 9.09. The predicted octanol–water partition coefficient (Wildman–Crippen LogP) is 3.20.